The molecule has 0 spiro atoms. The monoisotopic (exact) mass is 682 g/mol. The van der Waals surface area contributed by atoms with Gasteiger partial charge in [-0.1, -0.05) is 0 Å². The first-order valence-corrected chi connectivity index (χ1v) is 23.1. The van der Waals surface area contributed by atoms with E-state index in [1.54, 1.807) is 30.5 Å². The Balaban J connectivity index is 0.00000150. The summed E-state index contributed by atoms with van der Waals surface area (Å²) in [5, 5.41) is 5.85. The zero-order valence-electron chi connectivity index (χ0n) is 25.1. The summed E-state index contributed by atoms with van der Waals surface area (Å²) in [7, 11) is 0. The van der Waals surface area contributed by atoms with Gasteiger partial charge in [0.15, 0.2) is 0 Å². The summed E-state index contributed by atoms with van der Waals surface area (Å²) >= 11 is -2.73. The minimum Gasteiger partial charge on any atom is -1.00 e. The van der Waals surface area contributed by atoms with E-state index in [1.165, 1.54) is 85.8 Å². The largest absolute Gasteiger partial charge is 1.00 e. The first-order valence-electron chi connectivity index (χ1n) is 16.8. The van der Waals surface area contributed by atoms with Crippen molar-refractivity contribution in [1.29, 1.82) is 0 Å². The van der Waals surface area contributed by atoms with Gasteiger partial charge in [0.2, 0.25) is 0 Å². The van der Waals surface area contributed by atoms with Crippen LogP contribution in [0.15, 0.2) is 83.9 Å². The van der Waals surface area contributed by atoms with Crippen LogP contribution >= 0.6 is 0 Å². The molecule has 0 aromatic heterocycles. The normalized spacial score (nSPS) is 23.7. The van der Waals surface area contributed by atoms with Crippen LogP contribution in [0, 0.1) is 11.8 Å². The standard InChI is InChI=1S/2C19H19.C2H4.2ClH.Zr/c2*1-2-6-14(7-3-1)17-12-16-11-10-15-8-4-5-9-18(15)19(16)13-17;1-2;;;/h2*4-5,8-14H,1-3,6-7H2;1-2H2;2*1H;/q;;;;;+2/p-2. The molecule has 2 saturated carbocycles. The van der Waals surface area contributed by atoms with Crippen molar-refractivity contribution in [3.05, 3.63) is 106 Å². The Morgan fingerprint density at radius 1 is 0.465 bits per heavy atom. The first-order chi connectivity index (χ1) is 20.3. The van der Waals surface area contributed by atoms with Crippen LogP contribution in [0.25, 0.3) is 33.7 Å². The molecule has 0 N–H and O–H groups in total. The molecule has 220 valence electrons. The number of fused-ring (bicyclic) bond motifs is 6. The second-order valence-electron chi connectivity index (χ2n) is 14.1. The van der Waals surface area contributed by atoms with Crippen molar-refractivity contribution in [3.63, 3.8) is 0 Å². The molecule has 4 aromatic carbocycles. The van der Waals surface area contributed by atoms with Crippen molar-refractivity contribution in [3.8, 4) is 0 Å². The zero-order valence-corrected chi connectivity index (χ0v) is 29.1. The van der Waals surface area contributed by atoms with Crippen LogP contribution in [0.1, 0.15) is 93.7 Å². The Morgan fingerprint density at radius 3 is 1.30 bits per heavy atom. The van der Waals surface area contributed by atoms with Gasteiger partial charge in [0.05, 0.1) is 0 Å². The van der Waals surface area contributed by atoms with Gasteiger partial charge in [-0.05, 0) is 0 Å². The van der Waals surface area contributed by atoms with Crippen molar-refractivity contribution in [2.45, 2.75) is 79.7 Å². The van der Waals surface area contributed by atoms with E-state index in [0.29, 0.717) is 0 Å². The van der Waals surface area contributed by atoms with Crippen molar-refractivity contribution >= 4 is 33.7 Å². The van der Waals surface area contributed by atoms with E-state index >= 15 is 0 Å². The Labute approximate surface area is 274 Å². The van der Waals surface area contributed by atoms with Crippen molar-refractivity contribution < 1.29 is 45.1 Å². The molecule has 0 radical (unpaired) electrons. The molecule has 4 aliphatic carbocycles. The summed E-state index contributed by atoms with van der Waals surface area (Å²) in [5.41, 5.74) is 10.5. The third-order valence-corrected chi connectivity index (χ3v) is 24.9. The number of hydrogen-bond donors (Lipinski definition) is 0. The van der Waals surface area contributed by atoms with Gasteiger partial charge in [-0.3, -0.25) is 0 Å². The van der Waals surface area contributed by atoms with Crippen LogP contribution in [-0.4, -0.2) is 0 Å². The molecule has 2 atom stereocenters. The van der Waals surface area contributed by atoms with Crippen molar-refractivity contribution in [2.24, 2.45) is 11.8 Å². The van der Waals surface area contributed by atoms with Gasteiger partial charge in [-0.15, -0.1) is 0 Å². The number of allylic oxidation sites excluding steroid dienone is 2. The van der Waals surface area contributed by atoms with Gasteiger partial charge in [0.25, 0.3) is 0 Å². The zero-order chi connectivity index (χ0) is 27.0. The molecule has 4 aromatic rings. The van der Waals surface area contributed by atoms with Crippen LogP contribution in [0.3, 0.4) is 0 Å². The molecule has 1 saturated heterocycles. The van der Waals surface area contributed by atoms with Crippen LogP contribution in [-0.2, 0) is 20.3 Å². The Morgan fingerprint density at radius 2 is 0.884 bits per heavy atom. The fraction of sp³-hybridized carbons (Fsp3) is 0.400. The number of halogens is 2. The van der Waals surface area contributed by atoms with Gasteiger partial charge < -0.3 is 24.8 Å². The average Bonchev–Trinajstić information content (AvgIpc) is 3.56. The van der Waals surface area contributed by atoms with Crippen LogP contribution in [0.2, 0.25) is 8.26 Å². The fourth-order valence-corrected chi connectivity index (χ4v) is 27.7. The van der Waals surface area contributed by atoms with Crippen molar-refractivity contribution in [1.82, 2.24) is 0 Å². The maximum atomic E-state index is 2.77. The minimum atomic E-state index is -2.73. The molecule has 0 nitrogen and oxygen atoms in total. The second-order valence-corrected chi connectivity index (χ2v) is 25.5. The quantitative estimate of drug-likeness (QED) is 0.257. The second kappa shape index (κ2) is 11.9. The number of rotatable bonds is 4. The molecule has 0 bridgehead atoms. The summed E-state index contributed by atoms with van der Waals surface area (Å²) in [6.45, 7) is 0. The molecule has 9 rings (SSSR count). The van der Waals surface area contributed by atoms with E-state index in [1.807, 2.05) is 11.1 Å². The van der Waals surface area contributed by atoms with Crippen LogP contribution < -0.4 is 24.8 Å². The third kappa shape index (κ3) is 4.78. The van der Waals surface area contributed by atoms with Gasteiger partial charge >= 0.3 is 252 Å². The van der Waals surface area contributed by atoms with Crippen molar-refractivity contribution in [2.75, 3.05) is 0 Å². The van der Waals surface area contributed by atoms with E-state index in [0.717, 1.165) is 19.1 Å². The van der Waals surface area contributed by atoms with Gasteiger partial charge in [0.1, 0.15) is 0 Å². The van der Waals surface area contributed by atoms with E-state index < -0.39 is 20.3 Å². The first kappa shape index (κ1) is 30.0. The minimum absolute atomic E-state index is 0. The molecule has 1 aliphatic heterocycles. The van der Waals surface area contributed by atoms with E-state index in [2.05, 4.69) is 84.9 Å². The molecule has 0 amide bonds. The maximum Gasteiger partial charge on any atom is -1.00 e. The number of benzene rings is 4. The topological polar surface area (TPSA) is 0 Å². The van der Waals surface area contributed by atoms with E-state index in [-0.39, 0.29) is 24.8 Å². The van der Waals surface area contributed by atoms with Gasteiger partial charge in [-0.2, -0.15) is 0 Å². The smallest absolute Gasteiger partial charge is 1.00 e. The number of hydrogen-bond acceptors (Lipinski definition) is 0. The van der Waals surface area contributed by atoms with Crippen LogP contribution in [0.5, 0.6) is 0 Å². The van der Waals surface area contributed by atoms with E-state index in [9.17, 15) is 0 Å². The van der Waals surface area contributed by atoms with Gasteiger partial charge in [-0.25, -0.2) is 0 Å². The molecular formula is C40H42Cl2Zr. The molecular weight excluding hydrogens is 643 g/mol. The predicted molar refractivity (Wildman–Crippen MR) is 172 cm³/mol. The molecule has 1 heterocycles. The molecule has 2 unspecified atom stereocenters. The Hall–Kier alpha value is -1.66. The molecule has 43 heavy (non-hydrogen) atoms. The molecule has 5 aliphatic rings. The summed E-state index contributed by atoms with van der Waals surface area (Å²) in [4.78, 5) is 0. The summed E-state index contributed by atoms with van der Waals surface area (Å²) in [6.07, 6.45) is 19.8. The Kier molecular flexibility index (Phi) is 8.33. The SMILES string of the molecule is C1=C(C2CCCCC2)[CH]([Zr+2]2([CH]3C(C4CCCCC4)=Cc4c3ccc3ccccc43)[CH2][CH2]2)c2ccc3ccccc3c21.[Cl-].[Cl-]. The summed E-state index contributed by atoms with van der Waals surface area (Å²) < 4.78 is 4.72. The Bertz CT molecular complexity index is 1610. The summed E-state index contributed by atoms with van der Waals surface area (Å²) in [5.74, 6) is 1.63. The summed E-state index contributed by atoms with van der Waals surface area (Å²) in [6, 6.07) is 28.6. The third-order valence-electron chi connectivity index (χ3n) is 12.0. The molecule has 3 fully saturated rings. The van der Waals surface area contributed by atoms with E-state index in [4.69, 9.17) is 0 Å². The molecule has 3 heteroatoms. The van der Waals surface area contributed by atoms with Gasteiger partial charge in [0, 0.05) is 0 Å². The fourth-order valence-electron chi connectivity index (χ4n) is 10.1. The maximum absolute atomic E-state index is 2.77. The predicted octanol–water partition coefficient (Wildman–Crippen LogP) is 5.74. The average molecular weight is 685 g/mol. The van der Waals surface area contributed by atoms with Crippen LogP contribution in [0.4, 0.5) is 0 Å².